The van der Waals surface area contributed by atoms with Crippen molar-refractivity contribution >= 4 is 43.6 Å². The molecule has 0 spiro atoms. The number of benzene rings is 5. The second-order valence-corrected chi connectivity index (χ2v) is 8.88. The molecule has 0 atom stereocenters. The molecule has 2 aromatic heterocycles. The molecule has 4 nitrogen and oxygen atoms in total. The molecule has 0 aliphatic rings. The number of hydrogen-bond acceptors (Lipinski definition) is 2. The van der Waals surface area contributed by atoms with Crippen LogP contribution in [0.1, 0.15) is 11.1 Å². The number of aromatic nitrogens is 2. The summed E-state index contributed by atoms with van der Waals surface area (Å²) in [4.78, 5) is 0. The van der Waals surface area contributed by atoms with E-state index in [1.807, 2.05) is 66.7 Å². The van der Waals surface area contributed by atoms with Crippen LogP contribution >= 0.6 is 0 Å². The quantitative estimate of drug-likeness (QED) is 0.267. The van der Waals surface area contributed by atoms with Gasteiger partial charge in [-0.3, -0.25) is 0 Å². The normalized spacial score (nSPS) is 11.3. The van der Waals surface area contributed by atoms with E-state index >= 15 is 0 Å². The molecule has 166 valence electrons. The third-order valence-electron chi connectivity index (χ3n) is 6.98. The Hall–Kier alpha value is -5.32. The minimum atomic E-state index is 0.596. The van der Waals surface area contributed by atoms with Crippen molar-refractivity contribution in [3.63, 3.8) is 0 Å². The lowest BCUT2D eigenvalue weighted by Crippen LogP contribution is -2.01. The molecule has 7 rings (SSSR count). The van der Waals surface area contributed by atoms with Gasteiger partial charge in [-0.25, -0.2) is 0 Å². The van der Waals surface area contributed by atoms with Crippen molar-refractivity contribution < 1.29 is 0 Å². The molecule has 0 saturated heterocycles. The monoisotopic (exact) mass is 458 g/mol. The van der Waals surface area contributed by atoms with Crippen LogP contribution in [-0.4, -0.2) is 9.13 Å². The van der Waals surface area contributed by atoms with Crippen LogP contribution in [0, 0.1) is 22.7 Å². The number of nitriles is 2. The molecule has 7 aromatic rings. The van der Waals surface area contributed by atoms with Crippen LogP contribution in [0.3, 0.4) is 0 Å². The topological polar surface area (TPSA) is 57.4 Å². The van der Waals surface area contributed by atoms with E-state index < -0.39 is 0 Å². The summed E-state index contributed by atoms with van der Waals surface area (Å²) in [5.41, 5.74) is 7.18. The number of hydrogen-bond donors (Lipinski definition) is 0. The lowest BCUT2D eigenvalue weighted by molar-refractivity contribution is 1.13. The van der Waals surface area contributed by atoms with Gasteiger partial charge in [0.2, 0.25) is 0 Å². The van der Waals surface area contributed by atoms with Gasteiger partial charge in [-0.05, 0) is 54.6 Å². The predicted molar refractivity (Wildman–Crippen MR) is 145 cm³/mol. The smallest absolute Gasteiger partial charge is 0.101 e. The van der Waals surface area contributed by atoms with Gasteiger partial charge in [0.25, 0.3) is 0 Å². The third-order valence-corrected chi connectivity index (χ3v) is 6.98. The summed E-state index contributed by atoms with van der Waals surface area (Å²) in [7, 11) is 0. The first-order chi connectivity index (χ1) is 17.8. The highest BCUT2D eigenvalue weighted by Gasteiger charge is 2.17. The molecule has 0 amide bonds. The van der Waals surface area contributed by atoms with Crippen molar-refractivity contribution in [2.45, 2.75) is 0 Å². The summed E-state index contributed by atoms with van der Waals surface area (Å²) in [6.45, 7) is 0. The van der Waals surface area contributed by atoms with E-state index in [2.05, 4.69) is 63.7 Å². The standard InChI is InChI=1S/C32H18N4/c33-19-21-13-15-32-27(17-21)26-9-3-4-10-29(26)35(32)23-14-16-28(22(18-23)20-34)36-30-11-5-1-7-24(30)25-8-2-6-12-31(25)36/h1-18H. The van der Waals surface area contributed by atoms with Crippen molar-refractivity contribution in [1.82, 2.24) is 9.13 Å². The van der Waals surface area contributed by atoms with Gasteiger partial charge in [0.1, 0.15) is 6.07 Å². The van der Waals surface area contributed by atoms with Crippen molar-refractivity contribution in [3.05, 3.63) is 120 Å². The van der Waals surface area contributed by atoms with Crippen LogP contribution in [0.5, 0.6) is 0 Å². The van der Waals surface area contributed by atoms with Crippen molar-refractivity contribution in [2.24, 2.45) is 0 Å². The van der Waals surface area contributed by atoms with Gasteiger partial charge in [0.05, 0.1) is 45.0 Å². The van der Waals surface area contributed by atoms with E-state index in [-0.39, 0.29) is 0 Å². The molecular weight excluding hydrogens is 440 g/mol. The number of nitrogens with zero attached hydrogens (tertiary/aromatic N) is 4. The second-order valence-electron chi connectivity index (χ2n) is 8.88. The first kappa shape index (κ1) is 20.1. The Bertz CT molecular complexity index is 2020. The van der Waals surface area contributed by atoms with Crippen LogP contribution in [0.4, 0.5) is 0 Å². The molecule has 5 aromatic carbocycles. The zero-order chi connectivity index (χ0) is 24.2. The molecule has 0 fully saturated rings. The van der Waals surface area contributed by atoms with Gasteiger partial charge < -0.3 is 9.13 Å². The minimum Gasteiger partial charge on any atom is -0.309 e. The van der Waals surface area contributed by atoms with E-state index in [1.165, 1.54) is 0 Å². The maximum atomic E-state index is 10.3. The summed E-state index contributed by atoms with van der Waals surface area (Å²) in [5.74, 6) is 0. The molecule has 36 heavy (non-hydrogen) atoms. The summed E-state index contributed by atoms with van der Waals surface area (Å²) in [5, 5.41) is 24.1. The number of rotatable bonds is 2. The van der Waals surface area contributed by atoms with Crippen LogP contribution in [0.15, 0.2) is 109 Å². The molecule has 0 saturated carbocycles. The zero-order valence-corrected chi connectivity index (χ0v) is 19.2. The van der Waals surface area contributed by atoms with Crippen molar-refractivity contribution in [1.29, 1.82) is 10.5 Å². The molecule has 0 aliphatic carbocycles. The summed E-state index contributed by atoms with van der Waals surface area (Å²) < 4.78 is 4.35. The van der Waals surface area contributed by atoms with Crippen LogP contribution < -0.4 is 0 Å². The average molecular weight is 459 g/mol. The van der Waals surface area contributed by atoms with Gasteiger partial charge in [-0.1, -0.05) is 54.6 Å². The van der Waals surface area contributed by atoms with Crippen LogP contribution in [0.25, 0.3) is 55.0 Å². The van der Waals surface area contributed by atoms with Crippen LogP contribution in [-0.2, 0) is 0 Å². The van der Waals surface area contributed by atoms with Gasteiger partial charge in [-0.2, -0.15) is 10.5 Å². The predicted octanol–water partition coefficient (Wildman–Crippen LogP) is 7.62. The molecule has 0 unspecified atom stereocenters. The Labute approximate surface area is 207 Å². The first-order valence-electron chi connectivity index (χ1n) is 11.7. The first-order valence-corrected chi connectivity index (χ1v) is 11.7. The molecule has 0 bridgehead atoms. The summed E-state index contributed by atoms with van der Waals surface area (Å²) in [6.07, 6.45) is 0. The molecule has 2 heterocycles. The average Bonchev–Trinajstić information content (AvgIpc) is 3.45. The molecule has 4 heteroatoms. The Morgan fingerprint density at radius 2 is 1.03 bits per heavy atom. The maximum absolute atomic E-state index is 10.3. The van der Waals surface area contributed by atoms with E-state index in [1.54, 1.807) is 0 Å². The summed E-state index contributed by atoms with van der Waals surface area (Å²) >= 11 is 0. The Kier molecular flexibility index (Phi) is 4.24. The molecule has 0 aliphatic heterocycles. The highest BCUT2D eigenvalue weighted by molar-refractivity contribution is 6.10. The highest BCUT2D eigenvalue weighted by atomic mass is 15.0. The van der Waals surface area contributed by atoms with Crippen molar-refractivity contribution in [3.8, 4) is 23.5 Å². The molecule has 0 radical (unpaired) electrons. The van der Waals surface area contributed by atoms with Crippen molar-refractivity contribution in [2.75, 3.05) is 0 Å². The van der Waals surface area contributed by atoms with E-state index in [0.29, 0.717) is 11.1 Å². The molecule has 0 N–H and O–H groups in total. The largest absolute Gasteiger partial charge is 0.309 e. The van der Waals surface area contributed by atoms with E-state index in [9.17, 15) is 10.5 Å². The lowest BCUT2D eigenvalue weighted by atomic mass is 10.1. The fraction of sp³-hybridized carbons (Fsp3) is 0. The fourth-order valence-corrected chi connectivity index (χ4v) is 5.45. The van der Waals surface area contributed by atoms with Gasteiger partial charge in [-0.15, -0.1) is 0 Å². The zero-order valence-electron chi connectivity index (χ0n) is 19.2. The lowest BCUT2D eigenvalue weighted by Gasteiger charge is -2.13. The number of fused-ring (bicyclic) bond motifs is 6. The highest BCUT2D eigenvalue weighted by Crippen LogP contribution is 2.36. The van der Waals surface area contributed by atoms with E-state index in [0.717, 1.165) is 55.0 Å². The Morgan fingerprint density at radius 1 is 0.472 bits per heavy atom. The van der Waals surface area contributed by atoms with Crippen LogP contribution in [0.2, 0.25) is 0 Å². The Morgan fingerprint density at radius 3 is 1.64 bits per heavy atom. The van der Waals surface area contributed by atoms with Gasteiger partial charge >= 0.3 is 0 Å². The van der Waals surface area contributed by atoms with Gasteiger partial charge in [0.15, 0.2) is 0 Å². The molecular formula is C32H18N4. The second kappa shape index (κ2) is 7.60. The number of para-hydroxylation sites is 3. The van der Waals surface area contributed by atoms with Gasteiger partial charge in [0, 0.05) is 27.2 Å². The minimum absolute atomic E-state index is 0.596. The fourth-order valence-electron chi connectivity index (χ4n) is 5.45. The SMILES string of the molecule is N#Cc1ccc2c(c1)c1ccccc1n2-c1ccc(-n2c3ccccc3c3ccccc32)c(C#N)c1. The van der Waals surface area contributed by atoms with E-state index in [4.69, 9.17) is 0 Å². The summed E-state index contributed by atoms with van der Waals surface area (Å²) in [6, 6.07) is 41.3. The maximum Gasteiger partial charge on any atom is 0.101 e. The Balaban J connectivity index is 1.52. The third kappa shape index (κ3) is 2.73.